The molecule has 15 heavy (non-hydrogen) atoms. The Kier molecular flexibility index (Phi) is 4.09. The molecule has 0 aromatic heterocycles. The van der Waals surface area contributed by atoms with Crippen molar-refractivity contribution in [1.29, 1.82) is 0 Å². The average Bonchev–Trinajstić information content (AvgIpc) is 2.17. The number of rotatable bonds is 5. The molecule has 0 saturated heterocycles. The van der Waals surface area contributed by atoms with E-state index < -0.39 is 5.97 Å². The minimum Gasteiger partial charge on any atom is -0.481 e. The van der Waals surface area contributed by atoms with Crippen molar-refractivity contribution in [3.05, 3.63) is 29.6 Å². The van der Waals surface area contributed by atoms with Crippen molar-refractivity contribution in [2.75, 3.05) is 11.9 Å². The molecule has 0 amide bonds. The highest BCUT2D eigenvalue weighted by Gasteiger charge is 2.01. The number of nitrogens with one attached hydrogen (secondary N) is 1. The van der Waals surface area contributed by atoms with Gasteiger partial charge in [0.05, 0.1) is 5.69 Å². The quantitative estimate of drug-likeness (QED) is 0.735. The molecule has 3 nitrogen and oxygen atoms in total. The SMILES string of the molecule is Cc1ccc(F)c(NCCCC(=O)O)c1. The van der Waals surface area contributed by atoms with Crippen molar-refractivity contribution in [3.63, 3.8) is 0 Å². The van der Waals surface area contributed by atoms with E-state index in [9.17, 15) is 9.18 Å². The molecule has 1 aromatic carbocycles. The zero-order valence-corrected chi connectivity index (χ0v) is 8.59. The van der Waals surface area contributed by atoms with Gasteiger partial charge >= 0.3 is 5.97 Å². The van der Waals surface area contributed by atoms with Crippen molar-refractivity contribution in [2.24, 2.45) is 0 Å². The monoisotopic (exact) mass is 211 g/mol. The summed E-state index contributed by atoms with van der Waals surface area (Å²) in [5.41, 5.74) is 1.40. The number of carboxylic acid groups (broad SMARTS) is 1. The summed E-state index contributed by atoms with van der Waals surface area (Å²) in [5.74, 6) is -1.14. The van der Waals surface area contributed by atoms with Gasteiger partial charge in [-0.05, 0) is 31.0 Å². The van der Waals surface area contributed by atoms with E-state index in [2.05, 4.69) is 5.32 Å². The molecule has 0 aliphatic heterocycles. The van der Waals surface area contributed by atoms with Crippen LogP contribution in [0.2, 0.25) is 0 Å². The van der Waals surface area contributed by atoms with Crippen LogP contribution in [0.25, 0.3) is 0 Å². The van der Waals surface area contributed by atoms with Crippen molar-refractivity contribution in [3.8, 4) is 0 Å². The van der Waals surface area contributed by atoms with E-state index in [4.69, 9.17) is 5.11 Å². The Morgan fingerprint density at radius 1 is 1.53 bits per heavy atom. The summed E-state index contributed by atoms with van der Waals surface area (Å²) in [7, 11) is 0. The van der Waals surface area contributed by atoms with Crippen LogP contribution >= 0.6 is 0 Å². The maximum absolute atomic E-state index is 13.2. The summed E-state index contributed by atoms with van der Waals surface area (Å²) in [6.07, 6.45) is 0.586. The van der Waals surface area contributed by atoms with Gasteiger partial charge in [-0.2, -0.15) is 0 Å². The molecule has 1 aromatic rings. The lowest BCUT2D eigenvalue weighted by Crippen LogP contribution is -2.06. The van der Waals surface area contributed by atoms with Gasteiger partial charge in [0.1, 0.15) is 5.82 Å². The molecule has 0 aliphatic carbocycles. The van der Waals surface area contributed by atoms with Gasteiger partial charge in [0.25, 0.3) is 0 Å². The Bertz CT molecular complexity index is 352. The van der Waals surface area contributed by atoms with Gasteiger partial charge in [0, 0.05) is 13.0 Å². The van der Waals surface area contributed by atoms with Gasteiger partial charge in [-0.1, -0.05) is 6.07 Å². The highest BCUT2D eigenvalue weighted by molar-refractivity contribution is 5.66. The minimum absolute atomic E-state index is 0.0977. The fourth-order valence-corrected chi connectivity index (χ4v) is 1.24. The van der Waals surface area contributed by atoms with Crippen LogP contribution in [0.1, 0.15) is 18.4 Å². The van der Waals surface area contributed by atoms with Crippen LogP contribution in [0.5, 0.6) is 0 Å². The van der Waals surface area contributed by atoms with Crippen LogP contribution in [0.4, 0.5) is 10.1 Å². The first-order valence-electron chi connectivity index (χ1n) is 4.81. The van der Waals surface area contributed by atoms with E-state index >= 15 is 0 Å². The molecule has 4 heteroatoms. The Morgan fingerprint density at radius 2 is 2.27 bits per heavy atom. The fourth-order valence-electron chi connectivity index (χ4n) is 1.24. The fraction of sp³-hybridized carbons (Fsp3) is 0.364. The van der Waals surface area contributed by atoms with Crippen LogP contribution in [0.15, 0.2) is 18.2 Å². The number of carbonyl (C=O) groups is 1. The topological polar surface area (TPSA) is 49.3 Å². The van der Waals surface area contributed by atoms with Crippen molar-refractivity contribution >= 4 is 11.7 Å². The number of halogens is 1. The van der Waals surface area contributed by atoms with Gasteiger partial charge in [-0.15, -0.1) is 0 Å². The predicted octanol–water partition coefficient (Wildman–Crippen LogP) is 2.41. The number of anilines is 1. The van der Waals surface area contributed by atoms with Gasteiger partial charge in [-0.3, -0.25) is 4.79 Å². The van der Waals surface area contributed by atoms with E-state index in [1.54, 1.807) is 12.1 Å². The highest BCUT2D eigenvalue weighted by Crippen LogP contribution is 2.15. The first-order valence-corrected chi connectivity index (χ1v) is 4.81. The summed E-state index contributed by atoms with van der Waals surface area (Å²) < 4.78 is 13.2. The lowest BCUT2D eigenvalue weighted by molar-refractivity contribution is -0.137. The summed E-state index contributed by atoms with van der Waals surface area (Å²) >= 11 is 0. The Labute approximate surface area is 87.9 Å². The number of aryl methyl sites for hydroxylation is 1. The molecule has 0 saturated carbocycles. The van der Waals surface area contributed by atoms with Gasteiger partial charge in [0.2, 0.25) is 0 Å². The van der Waals surface area contributed by atoms with Gasteiger partial charge in [-0.25, -0.2) is 4.39 Å². The second-order valence-electron chi connectivity index (χ2n) is 3.41. The molecule has 0 aliphatic rings. The van der Waals surface area contributed by atoms with Gasteiger partial charge in [0.15, 0.2) is 0 Å². The van der Waals surface area contributed by atoms with E-state index in [-0.39, 0.29) is 12.2 Å². The molecule has 0 unspecified atom stereocenters. The van der Waals surface area contributed by atoms with Crippen molar-refractivity contribution < 1.29 is 14.3 Å². The molecule has 0 heterocycles. The summed E-state index contributed by atoms with van der Waals surface area (Å²) in [6.45, 7) is 2.34. The summed E-state index contributed by atoms with van der Waals surface area (Å²) in [5, 5.41) is 11.3. The predicted molar refractivity (Wildman–Crippen MR) is 56.5 cm³/mol. The molecule has 0 spiro atoms. The summed E-state index contributed by atoms with van der Waals surface area (Å²) in [4.78, 5) is 10.2. The highest BCUT2D eigenvalue weighted by atomic mass is 19.1. The Hall–Kier alpha value is -1.58. The number of aliphatic carboxylic acids is 1. The molecule has 0 bridgehead atoms. The van der Waals surface area contributed by atoms with Crippen LogP contribution in [-0.4, -0.2) is 17.6 Å². The number of carboxylic acids is 1. The molecular weight excluding hydrogens is 197 g/mol. The van der Waals surface area contributed by atoms with Crippen LogP contribution in [-0.2, 0) is 4.79 Å². The van der Waals surface area contributed by atoms with Crippen molar-refractivity contribution in [1.82, 2.24) is 0 Å². The second-order valence-corrected chi connectivity index (χ2v) is 3.41. The normalized spacial score (nSPS) is 10.0. The molecule has 0 radical (unpaired) electrons. The minimum atomic E-state index is -0.832. The van der Waals surface area contributed by atoms with Crippen LogP contribution in [0, 0.1) is 12.7 Å². The molecule has 82 valence electrons. The number of benzene rings is 1. The Balaban J connectivity index is 2.43. The molecule has 2 N–H and O–H groups in total. The standard InChI is InChI=1S/C11H14FNO2/c1-8-4-5-9(12)10(7-8)13-6-2-3-11(14)15/h4-5,7,13H,2-3,6H2,1H3,(H,14,15). The van der Waals surface area contributed by atoms with Crippen LogP contribution < -0.4 is 5.32 Å². The van der Waals surface area contributed by atoms with E-state index in [0.29, 0.717) is 18.7 Å². The maximum atomic E-state index is 13.2. The second kappa shape index (κ2) is 5.34. The molecule has 1 rings (SSSR count). The third-order valence-corrected chi connectivity index (χ3v) is 2.00. The maximum Gasteiger partial charge on any atom is 0.303 e. The summed E-state index contributed by atoms with van der Waals surface area (Å²) in [6, 6.07) is 4.79. The van der Waals surface area contributed by atoms with E-state index in [1.165, 1.54) is 6.07 Å². The molecule has 0 fully saturated rings. The lowest BCUT2D eigenvalue weighted by Gasteiger charge is -2.07. The van der Waals surface area contributed by atoms with E-state index in [1.807, 2.05) is 6.92 Å². The number of hydrogen-bond acceptors (Lipinski definition) is 2. The zero-order chi connectivity index (χ0) is 11.3. The first kappa shape index (κ1) is 11.5. The zero-order valence-electron chi connectivity index (χ0n) is 8.59. The number of hydrogen-bond donors (Lipinski definition) is 2. The molecular formula is C11H14FNO2. The first-order chi connectivity index (χ1) is 7.09. The largest absolute Gasteiger partial charge is 0.481 e. The molecule has 0 atom stereocenters. The van der Waals surface area contributed by atoms with Crippen molar-refractivity contribution in [2.45, 2.75) is 19.8 Å². The third-order valence-electron chi connectivity index (χ3n) is 2.00. The average molecular weight is 211 g/mol. The third kappa shape index (κ3) is 3.97. The Morgan fingerprint density at radius 3 is 2.93 bits per heavy atom. The lowest BCUT2D eigenvalue weighted by atomic mass is 10.2. The smallest absolute Gasteiger partial charge is 0.303 e. The van der Waals surface area contributed by atoms with Gasteiger partial charge < -0.3 is 10.4 Å². The van der Waals surface area contributed by atoms with Crippen LogP contribution in [0.3, 0.4) is 0 Å². The van der Waals surface area contributed by atoms with E-state index in [0.717, 1.165) is 5.56 Å².